The highest BCUT2D eigenvalue weighted by Crippen LogP contribution is 2.43. The molecule has 0 heterocycles. The molecule has 0 bridgehead atoms. The van der Waals surface area contributed by atoms with E-state index in [2.05, 4.69) is 47.6 Å². The molecular weight excluding hydrogens is 916 g/mol. The topological polar surface area (TPSA) is 234 Å². The molecule has 18 nitrogen and oxygen atoms in total. The number of hydrogen-bond acceptors (Lipinski definition) is 16. The number of esters is 3. The summed E-state index contributed by atoms with van der Waals surface area (Å²) >= 11 is 0. The van der Waals surface area contributed by atoms with Gasteiger partial charge in [-0.2, -0.15) is 0 Å². The summed E-state index contributed by atoms with van der Waals surface area (Å²) in [6, 6.07) is -0.283. The van der Waals surface area contributed by atoms with Crippen molar-refractivity contribution >= 4 is 51.5 Å². The third-order valence-electron chi connectivity index (χ3n) is 10.6. The van der Waals surface area contributed by atoms with E-state index in [1.807, 2.05) is 7.05 Å². The first kappa shape index (κ1) is 65.2. The molecule has 0 saturated heterocycles. The average Bonchev–Trinajstić information content (AvgIpc) is 3.25. The van der Waals surface area contributed by atoms with Gasteiger partial charge in [-0.3, -0.25) is 33.0 Å². The minimum absolute atomic E-state index is 0.00510. The Kier molecular flexibility index (Phi) is 37.3. The molecule has 1 unspecified atom stereocenters. The highest BCUT2D eigenvalue weighted by atomic mass is 31.2. The van der Waals surface area contributed by atoms with Gasteiger partial charge in [-0.1, -0.05) is 111 Å². The zero-order valence-electron chi connectivity index (χ0n) is 43.5. The quantitative estimate of drug-likeness (QED) is 0.00849. The Bertz CT molecular complexity index is 1460. The molecule has 68 heavy (non-hydrogen) atoms. The molecule has 0 aromatic rings. The first-order valence-corrected chi connectivity index (χ1v) is 30.6. The van der Waals surface area contributed by atoms with Gasteiger partial charge in [0.25, 0.3) is 0 Å². The number of phosphoric ester groups is 1. The average molecular weight is 1010 g/mol. The molecule has 0 aliphatic heterocycles. The van der Waals surface area contributed by atoms with E-state index < -0.39 is 82.4 Å². The molecule has 398 valence electrons. The summed E-state index contributed by atoms with van der Waals surface area (Å²) in [6.07, 6.45) is 16.8. The molecule has 3 atom stereocenters. The summed E-state index contributed by atoms with van der Waals surface area (Å²) in [4.78, 5) is 88.0. The van der Waals surface area contributed by atoms with Crippen molar-refractivity contribution in [3.8, 4) is 0 Å². The minimum Gasteiger partial charge on any atom is -0.465 e. The maximum absolute atomic E-state index is 13.2. The molecule has 0 saturated carbocycles. The van der Waals surface area contributed by atoms with E-state index in [1.54, 1.807) is 27.7 Å². The number of ketones is 2. The second kappa shape index (κ2) is 38.9. The van der Waals surface area contributed by atoms with Crippen LogP contribution in [-0.4, -0.2) is 131 Å². The predicted octanol–water partition coefficient (Wildman–Crippen LogP) is 8.75. The van der Waals surface area contributed by atoms with Gasteiger partial charge in [0, 0.05) is 20.9 Å². The van der Waals surface area contributed by atoms with Crippen LogP contribution in [0.3, 0.4) is 0 Å². The third kappa shape index (κ3) is 41.1. The van der Waals surface area contributed by atoms with Crippen LogP contribution >= 0.6 is 7.82 Å². The van der Waals surface area contributed by atoms with Gasteiger partial charge in [0.05, 0.1) is 32.4 Å². The van der Waals surface area contributed by atoms with E-state index in [4.69, 9.17) is 28.0 Å². The number of alkyl carbamates (subject to hydrolysis) is 1. The number of rotatable bonds is 44. The Labute approximate surface area is 410 Å². The van der Waals surface area contributed by atoms with Crippen molar-refractivity contribution in [1.82, 2.24) is 21.1 Å². The largest absolute Gasteiger partial charge is 0.472 e. The molecule has 0 aliphatic carbocycles. The predicted molar refractivity (Wildman–Crippen MR) is 267 cm³/mol. The van der Waals surface area contributed by atoms with Crippen LogP contribution in [0.1, 0.15) is 169 Å². The number of nitrogens with one attached hydrogen (secondary N) is 3. The van der Waals surface area contributed by atoms with Crippen LogP contribution in [0.5, 0.6) is 0 Å². The monoisotopic (exact) mass is 1010 g/mol. The minimum atomic E-state index is -4.40. The molecule has 0 rings (SSSR count). The number of nitrogens with zero attached hydrogens (tertiary/aromatic N) is 1. The summed E-state index contributed by atoms with van der Waals surface area (Å²) in [6.45, 7) is 15.8. The summed E-state index contributed by atoms with van der Waals surface area (Å²) in [5, 5.41) is 2.54. The van der Waals surface area contributed by atoms with E-state index in [0.717, 1.165) is 25.3 Å². The van der Waals surface area contributed by atoms with Gasteiger partial charge in [-0.15, -0.1) is 0 Å². The number of Topliss-reactive ketones (excluding diaryl/α,β-unsaturated/α-hetero) is 2. The van der Waals surface area contributed by atoms with Crippen molar-refractivity contribution < 1.29 is 66.2 Å². The molecule has 4 N–H and O–H groups in total. The zero-order valence-corrected chi connectivity index (χ0v) is 45.4. The fourth-order valence-corrected chi connectivity index (χ4v) is 8.18. The summed E-state index contributed by atoms with van der Waals surface area (Å²) in [5.74, 6) is -3.07. The highest BCUT2D eigenvalue weighted by molar-refractivity contribution is 7.47. The van der Waals surface area contributed by atoms with Crippen LogP contribution < -0.4 is 16.2 Å². The molecular formula is C48H93N4O14PSi. The van der Waals surface area contributed by atoms with Gasteiger partial charge >= 0.3 is 31.8 Å². The van der Waals surface area contributed by atoms with Crippen molar-refractivity contribution in [3.05, 3.63) is 0 Å². The first-order chi connectivity index (χ1) is 32.1. The van der Waals surface area contributed by atoms with Crippen LogP contribution in [-0.2, 0) is 56.5 Å². The van der Waals surface area contributed by atoms with Crippen molar-refractivity contribution in [2.75, 3.05) is 59.7 Å². The summed E-state index contributed by atoms with van der Waals surface area (Å²) in [7, 11) is -3.84. The SMILES string of the molecule is CCCCCCCCCCCCCCCC(=O)OC[C@H](COP(=O)(O)OCCC)OC(=O)CCCCN(C)CCCC[C@H](NC(=O)OC(C)(C)C)C(=O)C(=O)CNNCC(=O)OCC[Si](C)(C)C. The summed E-state index contributed by atoms with van der Waals surface area (Å²) in [5.41, 5.74) is 4.36. The van der Waals surface area contributed by atoms with Crippen LogP contribution in [0.4, 0.5) is 4.79 Å². The molecule has 0 aromatic carbocycles. The van der Waals surface area contributed by atoms with Crippen LogP contribution in [0.25, 0.3) is 0 Å². The molecule has 0 radical (unpaired) electrons. The number of amides is 1. The van der Waals surface area contributed by atoms with Gasteiger partial charge in [0.15, 0.2) is 6.10 Å². The molecule has 0 aliphatic rings. The van der Waals surface area contributed by atoms with Crippen molar-refractivity contribution in [1.29, 1.82) is 0 Å². The van der Waals surface area contributed by atoms with E-state index in [0.29, 0.717) is 58.2 Å². The van der Waals surface area contributed by atoms with E-state index >= 15 is 0 Å². The molecule has 20 heteroatoms. The summed E-state index contributed by atoms with van der Waals surface area (Å²) < 4.78 is 43.7. The number of hydrazine groups is 1. The van der Waals surface area contributed by atoms with Crippen molar-refractivity contribution in [2.24, 2.45) is 0 Å². The Morgan fingerprint density at radius 2 is 1.19 bits per heavy atom. The lowest BCUT2D eigenvalue weighted by molar-refractivity contribution is -0.161. The standard InChI is InChI=1S/C48H93N4O14PSi/c1-10-12-13-14-15-16-17-18-19-20-21-22-23-29-43(54)62-38-40(39-64-67(59,60)63-33-11-2)65-44(55)30-25-27-32-52(6)31-26-24-28-41(51-47(58)66-48(3,4)5)46(57)42(53)36-49-50-37-45(56)61-34-35-68(7,8)9/h40-41,49-50H,10-39H2,1-9H3,(H,51,58)(H,59,60)/t40-,41+/m1/s1. The van der Waals surface area contributed by atoms with Gasteiger partial charge in [-0.05, 0) is 91.9 Å². The van der Waals surface area contributed by atoms with Crippen LogP contribution in [0.2, 0.25) is 25.7 Å². The zero-order chi connectivity index (χ0) is 51.3. The van der Waals surface area contributed by atoms with Gasteiger partial charge in [0.2, 0.25) is 11.6 Å². The maximum Gasteiger partial charge on any atom is 0.472 e. The molecule has 1 amide bonds. The number of phosphoric acid groups is 1. The Morgan fingerprint density at radius 3 is 1.76 bits per heavy atom. The Hall–Kier alpha value is -2.77. The second-order valence-corrected chi connectivity index (χ2v) is 26.9. The van der Waals surface area contributed by atoms with Gasteiger partial charge in [-0.25, -0.2) is 20.2 Å². The number of carbonyl (C=O) groups excluding carboxylic acids is 6. The van der Waals surface area contributed by atoms with Gasteiger partial charge < -0.3 is 34.1 Å². The maximum atomic E-state index is 13.2. The van der Waals surface area contributed by atoms with Crippen LogP contribution in [0, 0.1) is 0 Å². The van der Waals surface area contributed by atoms with E-state index in [-0.39, 0.29) is 39.0 Å². The lowest BCUT2D eigenvalue weighted by Gasteiger charge is -2.23. The lowest BCUT2D eigenvalue weighted by atomic mass is 10.0. The van der Waals surface area contributed by atoms with Gasteiger partial charge in [0.1, 0.15) is 18.8 Å². The van der Waals surface area contributed by atoms with Crippen molar-refractivity contribution in [3.63, 3.8) is 0 Å². The third-order valence-corrected chi connectivity index (χ3v) is 13.2. The Balaban J connectivity index is 4.82. The lowest BCUT2D eigenvalue weighted by Crippen LogP contribution is -2.49. The fourth-order valence-electron chi connectivity index (χ4n) is 6.62. The number of hydrogen-bond donors (Lipinski definition) is 4. The van der Waals surface area contributed by atoms with Crippen LogP contribution in [0.15, 0.2) is 0 Å². The van der Waals surface area contributed by atoms with Crippen molar-refractivity contribution in [2.45, 2.75) is 213 Å². The first-order valence-electron chi connectivity index (χ1n) is 25.4. The fraction of sp³-hybridized carbons (Fsp3) is 0.875. The molecule has 0 aromatic heterocycles. The Morgan fingerprint density at radius 1 is 0.647 bits per heavy atom. The normalized spacial score (nSPS) is 13.6. The molecule has 0 spiro atoms. The number of unbranched alkanes of at least 4 members (excludes halogenated alkanes) is 14. The number of carbonyl (C=O) groups is 6. The smallest absolute Gasteiger partial charge is 0.465 e. The van der Waals surface area contributed by atoms with E-state index in [9.17, 15) is 38.2 Å². The number of ether oxygens (including phenoxy) is 4. The second-order valence-electron chi connectivity index (χ2n) is 19.9. The highest BCUT2D eigenvalue weighted by Gasteiger charge is 2.29. The van der Waals surface area contributed by atoms with E-state index in [1.165, 1.54) is 57.8 Å². The molecule has 0 fully saturated rings.